The molecule has 0 unspecified atom stereocenters. The number of benzene rings is 2. The van der Waals surface area contributed by atoms with E-state index < -0.39 is 0 Å². The average molecular weight is 322 g/mol. The summed E-state index contributed by atoms with van der Waals surface area (Å²) in [6, 6.07) is 16.6. The minimum atomic E-state index is 0.764. The molecular formula is C21H26N2O. The number of hydrogen-bond acceptors (Lipinski definition) is 2. The summed E-state index contributed by atoms with van der Waals surface area (Å²) in [6.45, 7) is 6.07. The molecule has 0 N–H and O–H groups in total. The summed E-state index contributed by atoms with van der Waals surface area (Å²) < 4.78 is 8.28. The van der Waals surface area contributed by atoms with Crippen molar-refractivity contribution in [3.05, 3.63) is 59.9 Å². The highest BCUT2D eigenvalue weighted by Gasteiger charge is 2.09. The molecule has 24 heavy (non-hydrogen) atoms. The van der Waals surface area contributed by atoms with Crippen molar-refractivity contribution in [1.82, 2.24) is 9.55 Å². The van der Waals surface area contributed by atoms with E-state index in [-0.39, 0.29) is 0 Å². The van der Waals surface area contributed by atoms with Gasteiger partial charge in [-0.1, -0.05) is 37.3 Å². The number of aromatic nitrogens is 2. The number of para-hydroxylation sites is 3. The average Bonchev–Trinajstić information content (AvgIpc) is 2.94. The van der Waals surface area contributed by atoms with Gasteiger partial charge in [0.1, 0.15) is 11.6 Å². The van der Waals surface area contributed by atoms with Crippen molar-refractivity contribution in [3.63, 3.8) is 0 Å². The summed E-state index contributed by atoms with van der Waals surface area (Å²) in [6.07, 6.45) is 4.31. The molecular weight excluding hydrogens is 296 g/mol. The summed E-state index contributed by atoms with van der Waals surface area (Å²) in [7, 11) is 0. The Labute approximate surface area is 144 Å². The Morgan fingerprint density at radius 3 is 2.62 bits per heavy atom. The van der Waals surface area contributed by atoms with Crippen molar-refractivity contribution >= 4 is 11.0 Å². The zero-order chi connectivity index (χ0) is 16.8. The Bertz CT molecular complexity index is 791. The fraction of sp³-hybridized carbons (Fsp3) is 0.381. The van der Waals surface area contributed by atoms with Crippen molar-refractivity contribution in [2.24, 2.45) is 0 Å². The normalized spacial score (nSPS) is 11.1. The van der Waals surface area contributed by atoms with Crippen molar-refractivity contribution in [2.45, 2.75) is 46.1 Å². The van der Waals surface area contributed by atoms with Crippen LogP contribution in [0.15, 0.2) is 48.5 Å². The standard InChI is InChI=1S/C21H26N2O/c1-3-10-21-22-18-12-5-6-13-19(18)23(21)15-8-9-16-24-20-14-7-4-11-17(20)2/h4-7,11-14H,3,8-10,15-16H2,1-2H3. The first-order chi connectivity index (χ1) is 11.8. The second-order valence-corrected chi connectivity index (χ2v) is 6.24. The molecule has 0 radical (unpaired) electrons. The third kappa shape index (κ3) is 3.78. The largest absolute Gasteiger partial charge is 0.493 e. The van der Waals surface area contributed by atoms with Gasteiger partial charge in [-0.15, -0.1) is 0 Å². The smallest absolute Gasteiger partial charge is 0.122 e. The molecule has 3 rings (SSSR count). The number of hydrogen-bond donors (Lipinski definition) is 0. The van der Waals surface area contributed by atoms with Crippen LogP contribution >= 0.6 is 0 Å². The van der Waals surface area contributed by atoms with Crippen LogP contribution in [0.3, 0.4) is 0 Å². The van der Waals surface area contributed by atoms with E-state index in [1.165, 1.54) is 16.9 Å². The molecule has 0 amide bonds. The van der Waals surface area contributed by atoms with Crippen LogP contribution in [0.2, 0.25) is 0 Å². The summed E-state index contributed by atoms with van der Waals surface area (Å²) in [5, 5.41) is 0. The molecule has 0 fully saturated rings. The van der Waals surface area contributed by atoms with Crippen molar-refractivity contribution < 1.29 is 4.74 Å². The van der Waals surface area contributed by atoms with E-state index in [0.717, 1.165) is 50.1 Å². The third-order valence-corrected chi connectivity index (χ3v) is 4.33. The molecule has 3 nitrogen and oxygen atoms in total. The molecule has 1 heterocycles. The molecule has 0 saturated heterocycles. The van der Waals surface area contributed by atoms with E-state index in [2.05, 4.69) is 48.7 Å². The van der Waals surface area contributed by atoms with Crippen molar-refractivity contribution in [3.8, 4) is 5.75 Å². The van der Waals surface area contributed by atoms with Crippen LogP contribution in [0.1, 0.15) is 37.6 Å². The second kappa shape index (κ2) is 8.00. The molecule has 0 saturated carbocycles. The molecule has 3 heteroatoms. The van der Waals surface area contributed by atoms with Crippen LogP contribution in [-0.2, 0) is 13.0 Å². The fourth-order valence-electron chi connectivity index (χ4n) is 3.06. The van der Waals surface area contributed by atoms with Crippen molar-refractivity contribution in [1.29, 1.82) is 0 Å². The third-order valence-electron chi connectivity index (χ3n) is 4.33. The molecule has 0 bridgehead atoms. The minimum Gasteiger partial charge on any atom is -0.493 e. The monoisotopic (exact) mass is 322 g/mol. The molecule has 0 atom stereocenters. The van der Waals surface area contributed by atoms with Gasteiger partial charge in [-0.3, -0.25) is 0 Å². The Kier molecular flexibility index (Phi) is 5.52. The van der Waals surface area contributed by atoms with Gasteiger partial charge in [0.05, 0.1) is 17.6 Å². The molecule has 0 aliphatic heterocycles. The highest BCUT2D eigenvalue weighted by atomic mass is 16.5. The first-order valence-electron chi connectivity index (χ1n) is 8.92. The topological polar surface area (TPSA) is 27.1 Å². The lowest BCUT2D eigenvalue weighted by molar-refractivity contribution is 0.301. The summed E-state index contributed by atoms with van der Waals surface area (Å²) in [5.74, 6) is 2.20. The van der Waals surface area contributed by atoms with E-state index in [1.54, 1.807) is 0 Å². The summed E-state index contributed by atoms with van der Waals surface area (Å²) in [5.41, 5.74) is 3.56. The highest BCUT2D eigenvalue weighted by molar-refractivity contribution is 5.75. The summed E-state index contributed by atoms with van der Waals surface area (Å²) in [4.78, 5) is 4.79. The maximum absolute atomic E-state index is 5.90. The summed E-state index contributed by atoms with van der Waals surface area (Å²) >= 11 is 0. The first-order valence-corrected chi connectivity index (χ1v) is 8.92. The fourth-order valence-corrected chi connectivity index (χ4v) is 3.06. The molecule has 3 aromatic rings. The van der Waals surface area contributed by atoms with E-state index in [0.29, 0.717) is 0 Å². The number of ether oxygens (including phenoxy) is 1. The Balaban J connectivity index is 1.57. The van der Waals surface area contributed by atoms with Crippen LogP contribution in [0.25, 0.3) is 11.0 Å². The van der Waals surface area contributed by atoms with Gasteiger partial charge in [0, 0.05) is 13.0 Å². The highest BCUT2D eigenvalue weighted by Crippen LogP contribution is 2.19. The van der Waals surface area contributed by atoms with E-state index >= 15 is 0 Å². The van der Waals surface area contributed by atoms with Gasteiger partial charge in [0.2, 0.25) is 0 Å². The quantitative estimate of drug-likeness (QED) is 0.536. The number of imidazole rings is 1. The van der Waals surface area contributed by atoms with E-state index in [1.807, 2.05) is 18.2 Å². The Morgan fingerprint density at radius 2 is 1.79 bits per heavy atom. The maximum Gasteiger partial charge on any atom is 0.122 e. The number of nitrogens with zero attached hydrogens (tertiary/aromatic N) is 2. The number of rotatable bonds is 8. The molecule has 1 aromatic heterocycles. The molecule has 0 spiro atoms. The predicted octanol–water partition coefficient (Wildman–Crippen LogP) is 5.16. The zero-order valence-corrected chi connectivity index (χ0v) is 14.7. The van der Waals surface area contributed by atoms with Gasteiger partial charge in [0.25, 0.3) is 0 Å². The van der Waals surface area contributed by atoms with Gasteiger partial charge >= 0.3 is 0 Å². The molecule has 2 aromatic carbocycles. The number of unbranched alkanes of at least 4 members (excludes halogenated alkanes) is 1. The lowest BCUT2D eigenvalue weighted by atomic mass is 10.2. The lowest BCUT2D eigenvalue weighted by Crippen LogP contribution is -2.06. The Morgan fingerprint density at radius 1 is 1.00 bits per heavy atom. The van der Waals surface area contributed by atoms with Crippen LogP contribution in [0.5, 0.6) is 5.75 Å². The van der Waals surface area contributed by atoms with Crippen LogP contribution in [0.4, 0.5) is 0 Å². The van der Waals surface area contributed by atoms with Gasteiger partial charge in [-0.25, -0.2) is 4.98 Å². The van der Waals surface area contributed by atoms with Gasteiger partial charge in [-0.2, -0.15) is 0 Å². The van der Waals surface area contributed by atoms with Gasteiger partial charge < -0.3 is 9.30 Å². The van der Waals surface area contributed by atoms with Gasteiger partial charge in [-0.05, 0) is 49.9 Å². The second-order valence-electron chi connectivity index (χ2n) is 6.24. The van der Waals surface area contributed by atoms with Crippen molar-refractivity contribution in [2.75, 3.05) is 6.61 Å². The van der Waals surface area contributed by atoms with Crippen LogP contribution < -0.4 is 4.74 Å². The van der Waals surface area contributed by atoms with Gasteiger partial charge in [0.15, 0.2) is 0 Å². The van der Waals surface area contributed by atoms with E-state index in [9.17, 15) is 0 Å². The number of fused-ring (bicyclic) bond motifs is 1. The predicted molar refractivity (Wildman–Crippen MR) is 99.6 cm³/mol. The Hall–Kier alpha value is -2.29. The maximum atomic E-state index is 5.90. The molecule has 126 valence electrons. The lowest BCUT2D eigenvalue weighted by Gasteiger charge is -2.11. The SMILES string of the molecule is CCCc1nc2ccccc2n1CCCCOc1ccccc1C. The van der Waals surface area contributed by atoms with Crippen LogP contribution in [0, 0.1) is 6.92 Å². The molecule has 0 aliphatic rings. The minimum absolute atomic E-state index is 0.764. The first kappa shape index (κ1) is 16.6. The zero-order valence-electron chi connectivity index (χ0n) is 14.7. The van der Waals surface area contributed by atoms with E-state index in [4.69, 9.17) is 9.72 Å². The molecule has 0 aliphatic carbocycles. The number of aryl methyl sites for hydroxylation is 3. The van der Waals surface area contributed by atoms with Crippen LogP contribution in [-0.4, -0.2) is 16.2 Å².